The van der Waals surface area contributed by atoms with Gasteiger partial charge >= 0.3 is 0 Å². The molecular formula is C13H21ClN4O. The van der Waals surface area contributed by atoms with Gasteiger partial charge in [0.2, 0.25) is 5.91 Å². The Morgan fingerprint density at radius 2 is 2.16 bits per heavy atom. The van der Waals surface area contributed by atoms with Crippen molar-refractivity contribution in [1.29, 1.82) is 0 Å². The summed E-state index contributed by atoms with van der Waals surface area (Å²) in [6.45, 7) is 4.33. The van der Waals surface area contributed by atoms with E-state index in [1.54, 1.807) is 6.92 Å². The lowest BCUT2D eigenvalue weighted by atomic mass is 10.2. The first-order chi connectivity index (χ1) is 8.70. The average Bonchev–Trinajstić information content (AvgIpc) is 2.92. The lowest BCUT2D eigenvalue weighted by Crippen LogP contribution is -2.27. The number of anilines is 2. The molecule has 2 heterocycles. The van der Waals surface area contributed by atoms with Gasteiger partial charge in [-0.25, -0.2) is 4.98 Å². The summed E-state index contributed by atoms with van der Waals surface area (Å²) >= 11 is 0. The number of carbonyl (C=O) groups is 1. The zero-order valence-electron chi connectivity index (χ0n) is 11.1. The maximum absolute atomic E-state index is 11.6. The summed E-state index contributed by atoms with van der Waals surface area (Å²) in [4.78, 5) is 18.2. The second kappa shape index (κ2) is 7.31. The Bertz CT molecular complexity index is 404. The Kier molecular flexibility index (Phi) is 6.05. The molecule has 0 aliphatic carbocycles. The van der Waals surface area contributed by atoms with Crippen LogP contribution in [0.3, 0.4) is 0 Å². The molecule has 1 atom stereocenters. The molecule has 19 heavy (non-hydrogen) atoms. The molecule has 1 amide bonds. The summed E-state index contributed by atoms with van der Waals surface area (Å²) < 4.78 is 0. The van der Waals surface area contributed by atoms with Gasteiger partial charge in [0.15, 0.2) is 0 Å². The number of pyridine rings is 1. The van der Waals surface area contributed by atoms with E-state index in [2.05, 4.69) is 15.2 Å². The van der Waals surface area contributed by atoms with Crippen molar-refractivity contribution >= 4 is 29.8 Å². The highest BCUT2D eigenvalue weighted by atomic mass is 35.5. The van der Waals surface area contributed by atoms with Crippen LogP contribution in [0.25, 0.3) is 0 Å². The van der Waals surface area contributed by atoms with Crippen LogP contribution in [0.2, 0.25) is 0 Å². The van der Waals surface area contributed by atoms with Gasteiger partial charge in [0.25, 0.3) is 0 Å². The van der Waals surface area contributed by atoms with E-state index in [0.29, 0.717) is 12.4 Å². The molecule has 0 spiro atoms. The predicted molar refractivity (Wildman–Crippen MR) is 79.8 cm³/mol. The standard InChI is InChI=1S/C13H20N4O.ClH/c1-10(8-14)13(18)16-12-5-4-11(9-15-12)17-6-2-3-7-17;/h4-5,9-10H,2-3,6-8,14H2,1H3,(H,15,16,18);1H. The number of nitrogens with two attached hydrogens (primary N) is 1. The van der Waals surface area contributed by atoms with E-state index >= 15 is 0 Å². The topological polar surface area (TPSA) is 71.2 Å². The van der Waals surface area contributed by atoms with E-state index in [1.165, 1.54) is 12.8 Å². The van der Waals surface area contributed by atoms with Crippen LogP contribution in [0.5, 0.6) is 0 Å². The van der Waals surface area contributed by atoms with Crippen LogP contribution in [-0.2, 0) is 4.79 Å². The van der Waals surface area contributed by atoms with Crippen LogP contribution in [-0.4, -0.2) is 30.5 Å². The molecule has 106 valence electrons. The first kappa shape index (κ1) is 15.7. The molecule has 0 saturated carbocycles. The van der Waals surface area contributed by atoms with Crippen LogP contribution in [0.15, 0.2) is 18.3 Å². The molecule has 2 rings (SSSR count). The van der Waals surface area contributed by atoms with Crippen molar-refractivity contribution in [3.8, 4) is 0 Å². The number of halogens is 1. The molecule has 1 aliphatic rings. The monoisotopic (exact) mass is 284 g/mol. The molecule has 1 aromatic heterocycles. The Hall–Kier alpha value is -1.33. The van der Waals surface area contributed by atoms with E-state index in [1.807, 2.05) is 18.3 Å². The summed E-state index contributed by atoms with van der Waals surface area (Å²) in [5.74, 6) is 0.312. The molecule has 1 unspecified atom stereocenters. The van der Waals surface area contributed by atoms with Crippen LogP contribution in [0.1, 0.15) is 19.8 Å². The van der Waals surface area contributed by atoms with E-state index in [9.17, 15) is 4.79 Å². The maximum atomic E-state index is 11.6. The molecule has 3 N–H and O–H groups in total. The lowest BCUT2D eigenvalue weighted by Gasteiger charge is -2.17. The fraction of sp³-hybridized carbons (Fsp3) is 0.538. The maximum Gasteiger partial charge on any atom is 0.229 e. The summed E-state index contributed by atoms with van der Waals surface area (Å²) in [5.41, 5.74) is 6.57. The van der Waals surface area contributed by atoms with Crippen LogP contribution in [0, 0.1) is 5.92 Å². The summed E-state index contributed by atoms with van der Waals surface area (Å²) in [5, 5.41) is 2.76. The Morgan fingerprint density at radius 3 is 2.68 bits per heavy atom. The van der Waals surface area contributed by atoms with E-state index in [0.717, 1.165) is 18.8 Å². The van der Waals surface area contributed by atoms with E-state index < -0.39 is 0 Å². The number of carbonyl (C=O) groups excluding carboxylic acids is 1. The van der Waals surface area contributed by atoms with E-state index in [-0.39, 0.29) is 24.2 Å². The van der Waals surface area contributed by atoms with Crippen molar-refractivity contribution in [3.63, 3.8) is 0 Å². The number of aromatic nitrogens is 1. The number of nitrogens with zero attached hydrogens (tertiary/aromatic N) is 2. The zero-order chi connectivity index (χ0) is 13.0. The highest BCUT2D eigenvalue weighted by molar-refractivity contribution is 5.91. The molecule has 0 radical (unpaired) electrons. The van der Waals surface area contributed by atoms with Gasteiger partial charge in [0.05, 0.1) is 11.9 Å². The van der Waals surface area contributed by atoms with Crippen LogP contribution < -0.4 is 16.0 Å². The normalized spacial score (nSPS) is 15.8. The number of rotatable bonds is 4. The molecule has 1 saturated heterocycles. The minimum atomic E-state index is -0.190. The number of hydrogen-bond donors (Lipinski definition) is 2. The fourth-order valence-corrected chi connectivity index (χ4v) is 1.98. The first-order valence-corrected chi connectivity index (χ1v) is 6.42. The molecule has 6 heteroatoms. The quantitative estimate of drug-likeness (QED) is 0.882. The van der Waals surface area contributed by atoms with Crippen molar-refractivity contribution in [2.24, 2.45) is 11.7 Å². The minimum Gasteiger partial charge on any atom is -0.370 e. The molecule has 1 fully saturated rings. The van der Waals surface area contributed by atoms with Gasteiger partial charge in [-0.05, 0) is 25.0 Å². The summed E-state index contributed by atoms with van der Waals surface area (Å²) in [6, 6.07) is 3.84. The van der Waals surface area contributed by atoms with E-state index in [4.69, 9.17) is 5.73 Å². The third-order valence-corrected chi connectivity index (χ3v) is 3.27. The van der Waals surface area contributed by atoms with Gasteiger partial charge < -0.3 is 16.0 Å². The van der Waals surface area contributed by atoms with Gasteiger partial charge in [-0.15, -0.1) is 12.4 Å². The van der Waals surface area contributed by atoms with Crippen molar-refractivity contribution in [1.82, 2.24) is 4.98 Å². The molecule has 0 bridgehead atoms. The SMILES string of the molecule is CC(CN)C(=O)Nc1ccc(N2CCCC2)cn1.Cl. The zero-order valence-corrected chi connectivity index (χ0v) is 11.9. The second-order valence-electron chi connectivity index (χ2n) is 4.72. The molecule has 0 aromatic carbocycles. The van der Waals surface area contributed by atoms with Crippen molar-refractivity contribution < 1.29 is 4.79 Å². The largest absolute Gasteiger partial charge is 0.370 e. The Balaban J connectivity index is 0.00000180. The van der Waals surface area contributed by atoms with Crippen LogP contribution in [0.4, 0.5) is 11.5 Å². The van der Waals surface area contributed by atoms with Crippen LogP contribution >= 0.6 is 12.4 Å². The molecular weight excluding hydrogens is 264 g/mol. The van der Waals surface area contributed by atoms with Crippen molar-refractivity contribution in [3.05, 3.63) is 18.3 Å². The molecule has 1 aromatic rings. The smallest absolute Gasteiger partial charge is 0.229 e. The van der Waals surface area contributed by atoms with Gasteiger partial charge in [-0.1, -0.05) is 6.92 Å². The minimum absolute atomic E-state index is 0. The number of hydrogen-bond acceptors (Lipinski definition) is 4. The van der Waals surface area contributed by atoms with Gasteiger partial charge in [0, 0.05) is 25.6 Å². The third-order valence-electron chi connectivity index (χ3n) is 3.27. The van der Waals surface area contributed by atoms with Gasteiger partial charge in [0.1, 0.15) is 5.82 Å². The highest BCUT2D eigenvalue weighted by Gasteiger charge is 2.14. The number of nitrogens with one attached hydrogen (secondary N) is 1. The Morgan fingerprint density at radius 1 is 1.47 bits per heavy atom. The van der Waals surface area contributed by atoms with Crippen molar-refractivity contribution in [2.75, 3.05) is 29.9 Å². The highest BCUT2D eigenvalue weighted by Crippen LogP contribution is 2.20. The summed E-state index contributed by atoms with van der Waals surface area (Å²) in [7, 11) is 0. The Labute approximate surface area is 120 Å². The fourth-order valence-electron chi connectivity index (χ4n) is 1.98. The average molecular weight is 285 g/mol. The van der Waals surface area contributed by atoms with Gasteiger partial charge in [-0.2, -0.15) is 0 Å². The van der Waals surface area contributed by atoms with Crippen molar-refractivity contribution in [2.45, 2.75) is 19.8 Å². The lowest BCUT2D eigenvalue weighted by molar-refractivity contribution is -0.119. The third kappa shape index (κ3) is 4.08. The molecule has 1 aliphatic heterocycles. The van der Waals surface area contributed by atoms with Gasteiger partial charge in [-0.3, -0.25) is 4.79 Å². The predicted octanol–water partition coefficient (Wildman–Crippen LogP) is 1.64. The first-order valence-electron chi connectivity index (χ1n) is 6.42. The molecule has 5 nitrogen and oxygen atoms in total. The number of amides is 1. The second-order valence-corrected chi connectivity index (χ2v) is 4.72. The summed E-state index contributed by atoms with van der Waals surface area (Å²) in [6.07, 6.45) is 4.30.